The van der Waals surface area contributed by atoms with Gasteiger partial charge in [0.2, 0.25) is 5.95 Å². The van der Waals surface area contributed by atoms with Crippen LogP contribution >= 0.6 is 0 Å². The fourth-order valence-corrected chi connectivity index (χ4v) is 2.97. The third kappa shape index (κ3) is 4.31. The lowest BCUT2D eigenvalue weighted by Crippen LogP contribution is -2.45. The predicted molar refractivity (Wildman–Crippen MR) is 104 cm³/mol. The van der Waals surface area contributed by atoms with Crippen LogP contribution in [0.4, 0.5) is 16.4 Å². The van der Waals surface area contributed by atoms with Crippen LogP contribution in [0.15, 0.2) is 30.5 Å². The second-order valence-corrected chi connectivity index (χ2v) is 7.34. The smallest absolute Gasteiger partial charge is 0.317 e. The Labute approximate surface area is 155 Å². The minimum atomic E-state index is -0.0295. The number of hydrogen-bond donors (Lipinski definition) is 2. The van der Waals surface area contributed by atoms with Crippen molar-refractivity contribution in [1.29, 1.82) is 0 Å². The maximum Gasteiger partial charge on any atom is 0.317 e. The number of carbonyl (C=O) groups is 1. The van der Waals surface area contributed by atoms with Gasteiger partial charge in [-0.3, -0.25) is 0 Å². The van der Waals surface area contributed by atoms with E-state index in [2.05, 4.69) is 58.7 Å². The van der Waals surface area contributed by atoms with Gasteiger partial charge >= 0.3 is 6.03 Å². The molecule has 0 fully saturated rings. The van der Waals surface area contributed by atoms with Gasteiger partial charge in [0.25, 0.3) is 0 Å². The first kappa shape index (κ1) is 18.2. The molecule has 0 spiro atoms. The summed E-state index contributed by atoms with van der Waals surface area (Å²) in [5, 5.41) is 6.20. The first-order valence-corrected chi connectivity index (χ1v) is 9.19. The molecule has 2 aromatic rings. The third-order valence-corrected chi connectivity index (χ3v) is 4.47. The number of aromatic nitrogens is 2. The summed E-state index contributed by atoms with van der Waals surface area (Å²) >= 11 is 0. The van der Waals surface area contributed by atoms with Gasteiger partial charge in [-0.25, -0.2) is 14.8 Å². The molecule has 0 aliphatic carbocycles. The van der Waals surface area contributed by atoms with E-state index < -0.39 is 0 Å². The number of hydrogen-bond acceptors (Lipinski definition) is 4. The Balaban J connectivity index is 1.67. The van der Waals surface area contributed by atoms with Gasteiger partial charge in [-0.2, -0.15) is 0 Å². The minimum Gasteiger partial charge on any atom is -0.336 e. The fraction of sp³-hybridized carbons (Fsp3) is 0.450. The van der Waals surface area contributed by atoms with Crippen LogP contribution < -0.4 is 10.6 Å². The molecular formula is C20H27N5O. The Morgan fingerprint density at radius 1 is 1.15 bits per heavy atom. The summed E-state index contributed by atoms with van der Waals surface area (Å²) in [6, 6.07) is 8.45. The number of fused-ring (bicyclic) bond motifs is 1. The molecular weight excluding hydrogens is 326 g/mol. The van der Waals surface area contributed by atoms with Crippen molar-refractivity contribution in [2.24, 2.45) is 0 Å². The lowest BCUT2D eigenvalue weighted by atomic mass is 10.0. The molecule has 1 aromatic heterocycles. The van der Waals surface area contributed by atoms with E-state index >= 15 is 0 Å². The van der Waals surface area contributed by atoms with E-state index in [1.54, 1.807) is 0 Å². The van der Waals surface area contributed by atoms with Crippen molar-refractivity contribution >= 4 is 17.7 Å². The van der Waals surface area contributed by atoms with Crippen molar-refractivity contribution < 1.29 is 4.79 Å². The molecule has 1 aliphatic heterocycles. The minimum absolute atomic E-state index is 0.0295. The number of anilines is 2. The second kappa shape index (κ2) is 7.72. The van der Waals surface area contributed by atoms with E-state index in [9.17, 15) is 4.79 Å². The Morgan fingerprint density at radius 2 is 1.88 bits per heavy atom. The molecule has 2 N–H and O–H groups in total. The largest absolute Gasteiger partial charge is 0.336 e. The molecule has 6 heteroatoms. The summed E-state index contributed by atoms with van der Waals surface area (Å²) in [5.41, 5.74) is 4.30. The number of urea groups is 1. The van der Waals surface area contributed by atoms with Gasteiger partial charge in [-0.05, 0) is 37.5 Å². The highest BCUT2D eigenvalue weighted by molar-refractivity contribution is 5.74. The molecule has 0 bridgehead atoms. The highest BCUT2D eigenvalue weighted by Crippen LogP contribution is 2.21. The van der Waals surface area contributed by atoms with Gasteiger partial charge in [0.1, 0.15) is 0 Å². The first-order chi connectivity index (χ1) is 12.4. The highest BCUT2D eigenvalue weighted by Gasteiger charge is 2.22. The van der Waals surface area contributed by atoms with Crippen LogP contribution in [0.3, 0.4) is 0 Å². The van der Waals surface area contributed by atoms with Crippen LogP contribution in [-0.4, -0.2) is 33.5 Å². The third-order valence-electron chi connectivity index (χ3n) is 4.47. The Hall–Kier alpha value is -2.63. The molecule has 3 rings (SSSR count). The van der Waals surface area contributed by atoms with Gasteiger partial charge in [-0.1, -0.05) is 26.0 Å². The number of nitrogens with zero attached hydrogens (tertiary/aromatic N) is 3. The second-order valence-electron chi connectivity index (χ2n) is 7.34. The van der Waals surface area contributed by atoms with E-state index in [1.165, 1.54) is 5.56 Å². The zero-order valence-electron chi connectivity index (χ0n) is 15.9. The summed E-state index contributed by atoms with van der Waals surface area (Å²) in [7, 11) is 0. The monoisotopic (exact) mass is 353 g/mol. The maximum absolute atomic E-state index is 12.2. The molecule has 2 amide bonds. The van der Waals surface area contributed by atoms with Crippen LogP contribution in [0, 0.1) is 0 Å². The normalized spacial score (nSPS) is 13.7. The van der Waals surface area contributed by atoms with E-state index in [-0.39, 0.29) is 12.1 Å². The number of amides is 2. The van der Waals surface area contributed by atoms with E-state index in [4.69, 9.17) is 0 Å². The summed E-state index contributed by atoms with van der Waals surface area (Å²) in [6.07, 6.45) is 2.56. The average Bonchev–Trinajstić information content (AvgIpc) is 2.61. The Morgan fingerprint density at radius 3 is 2.54 bits per heavy atom. The fourth-order valence-electron chi connectivity index (χ4n) is 2.97. The number of benzene rings is 1. The standard InChI is InChI=1S/C20H27N5O/c1-13(2)15-5-7-17(8-6-15)23-19-21-11-16-12-25(10-9-18(16)24-19)20(26)22-14(3)4/h5-8,11,13-14H,9-10,12H2,1-4H3,(H,22,26)(H,21,23,24). The van der Waals surface area contributed by atoms with Crippen molar-refractivity contribution in [3.8, 4) is 0 Å². The first-order valence-electron chi connectivity index (χ1n) is 9.19. The molecule has 6 nitrogen and oxygen atoms in total. The van der Waals surface area contributed by atoms with E-state index in [0.717, 1.165) is 23.4 Å². The quantitative estimate of drug-likeness (QED) is 0.877. The Bertz CT molecular complexity index is 770. The van der Waals surface area contributed by atoms with Crippen LogP contribution in [0.1, 0.15) is 50.4 Å². The topological polar surface area (TPSA) is 70.2 Å². The molecule has 1 aliphatic rings. The highest BCUT2D eigenvalue weighted by atomic mass is 16.2. The molecule has 0 saturated heterocycles. The van der Waals surface area contributed by atoms with Gasteiger partial charge in [0.05, 0.1) is 12.2 Å². The lowest BCUT2D eigenvalue weighted by Gasteiger charge is -2.29. The molecule has 0 radical (unpaired) electrons. The zero-order chi connectivity index (χ0) is 18.7. The molecule has 1 aromatic carbocycles. The maximum atomic E-state index is 12.2. The van der Waals surface area contributed by atoms with Crippen molar-refractivity contribution in [1.82, 2.24) is 20.2 Å². The van der Waals surface area contributed by atoms with Crippen molar-refractivity contribution in [3.63, 3.8) is 0 Å². The Kier molecular flexibility index (Phi) is 5.40. The molecule has 2 heterocycles. The zero-order valence-corrected chi connectivity index (χ0v) is 15.9. The molecule has 0 saturated carbocycles. The van der Waals surface area contributed by atoms with Crippen LogP contribution in [0.5, 0.6) is 0 Å². The van der Waals surface area contributed by atoms with E-state index in [1.807, 2.05) is 24.9 Å². The lowest BCUT2D eigenvalue weighted by molar-refractivity contribution is 0.189. The van der Waals surface area contributed by atoms with Crippen molar-refractivity contribution in [2.75, 3.05) is 11.9 Å². The van der Waals surface area contributed by atoms with Crippen LogP contribution in [0.25, 0.3) is 0 Å². The van der Waals surface area contributed by atoms with E-state index in [0.29, 0.717) is 25.0 Å². The predicted octanol–water partition coefficient (Wildman–Crippen LogP) is 3.82. The number of nitrogens with one attached hydrogen (secondary N) is 2. The molecule has 0 atom stereocenters. The van der Waals surface area contributed by atoms with Crippen LogP contribution in [0.2, 0.25) is 0 Å². The average molecular weight is 353 g/mol. The van der Waals surface area contributed by atoms with Crippen LogP contribution in [-0.2, 0) is 13.0 Å². The summed E-state index contributed by atoms with van der Waals surface area (Å²) in [4.78, 5) is 23.0. The number of carbonyl (C=O) groups excluding carboxylic acids is 1. The van der Waals surface area contributed by atoms with Crippen molar-refractivity contribution in [3.05, 3.63) is 47.3 Å². The molecule has 138 valence electrons. The van der Waals surface area contributed by atoms with Crippen molar-refractivity contribution in [2.45, 2.75) is 52.6 Å². The van der Waals surface area contributed by atoms with Gasteiger partial charge < -0.3 is 15.5 Å². The summed E-state index contributed by atoms with van der Waals surface area (Å²) < 4.78 is 0. The van der Waals surface area contributed by atoms with Gasteiger partial charge in [0.15, 0.2) is 0 Å². The van der Waals surface area contributed by atoms with Gasteiger partial charge in [-0.15, -0.1) is 0 Å². The SMILES string of the molecule is CC(C)NC(=O)N1CCc2nc(Nc3ccc(C(C)C)cc3)ncc2C1. The molecule has 26 heavy (non-hydrogen) atoms. The number of rotatable bonds is 4. The molecule has 0 unspecified atom stereocenters. The summed E-state index contributed by atoms with van der Waals surface area (Å²) in [6.45, 7) is 9.51. The summed E-state index contributed by atoms with van der Waals surface area (Å²) in [5.74, 6) is 1.11. The van der Waals surface area contributed by atoms with Gasteiger partial charge in [0, 0.05) is 36.5 Å².